The summed E-state index contributed by atoms with van der Waals surface area (Å²) in [6.07, 6.45) is -5.16. The van der Waals surface area contributed by atoms with Gasteiger partial charge >= 0.3 is 12.1 Å². The largest absolute Gasteiger partial charge is 0.471 e. The average molecular weight is 393 g/mol. The molecule has 5 nitrogen and oxygen atoms in total. The van der Waals surface area contributed by atoms with Crippen molar-refractivity contribution in [1.29, 1.82) is 0 Å². The van der Waals surface area contributed by atoms with Crippen molar-refractivity contribution in [1.82, 2.24) is 0 Å². The monoisotopic (exact) mass is 392 g/mol. The minimum atomic E-state index is -5.16. The summed E-state index contributed by atoms with van der Waals surface area (Å²) >= 11 is 11.7. The normalized spacial score (nSPS) is 11.2. The van der Waals surface area contributed by atoms with Crippen molar-refractivity contribution in [2.75, 3.05) is 4.90 Å². The molecule has 2 aromatic rings. The summed E-state index contributed by atoms with van der Waals surface area (Å²) in [6, 6.07) is 8.45. The highest BCUT2D eigenvalue weighted by Gasteiger charge is 2.43. The zero-order valence-electron chi connectivity index (χ0n) is 12.3. The van der Waals surface area contributed by atoms with Gasteiger partial charge in [0.05, 0.1) is 17.2 Å². The smallest absolute Gasteiger partial charge is 0.300 e. The Labute approximate surface area is 149 Å². The van der Waals surface area contributed by atoms with Gasteiger partial charge in [-0.2, -0.15) is 13.2 Å². The summed E-state index contributed by atoms with van der Waals surface area (Å²) in [6.45, 7) is -0.532. The quantitative estimate of drug-likeness (QED) is 0.543. The van der Waals surface area contributed by atoms with Crippen LogP contribution in [0.15, 0.2) is 42.5 Å². The predicted octanol–water partition coefficient (Wildman–Crippen LogP) is 5.00. The van der Waals surface area contributed by atoms with Crippen LogP contribution in [0.4, 0.5) is 24.5 Å². The third-order valence-electron chi connectivity index (χ3n) is 3.18. The summed E-state index contributed by atoms with van der Waals surface area (Å²) in [5, 5.41) is 11.2. The van der Waals surface area contributed by atoms with Gasteiger partial charge in [0.15, 0.2) is 0 Å². The van der Waals surface area contributed by atoms with Gasteiger partial charge in [0.2, 0.25) is 0 Å². The van der Waals surface area contributed by atoms with E-state index in [0.29, 0.717) is 4.90 Å². The Balaban J connectivity index is 2.48. The molecular formula is C15H9Cl2F3N2O3. The maximum Gasteiger partial charge on any atom is 0.471 e. The van der Waals surface area contributed by atoms with Crippen LogP contribution in [0.1, 0.15) is 5.56 Å². The van der Waals surface area contributed by atoms with Crippen LogP contribution in [0, 0.1) is 10.1 Å². The van der Waals surface area contributed by atoms with E-state index in [9.17, 15) is 28.1 Å². The molecule has 0 aliphatic rings. The van der Waals surface area contributed by atoms with Crippen LogP contribution in [-0.2, 0) is 11.3 Å². The Kier molecular flexibility index (Phi) is 5.54. The van der Waals surface area contributed by atoms with E-state index in [1.807, 2.05) is 0 Å². The number of halogens is 5. The number of carbonyl (C=O) groups is 1. The second kappa shape index (κ2) is 7.28. The van der Waals surface area contributed by atoms with Crippen LogP contribution in [0.25, 0.3) is 0 Å². The van der Waals surface area contributed by atoms with E-state index in [1.54, 1.807) is 0 Å². The number of nitro groups is 1. The van der Waals surface area contributed by atoms with E-state index in [0.717, 1.165) is 12.1 Å². The molecule has 25 heavy (non-hydrogen) atoms. The Bertz CT molecular complexity index is 828. The summed E-state index contributed by atoms with van der Waals surface area (Å²) in [5.74, 6) is -2.17. The Morgan fingerprint density at radius 2 is 1.84 bits per heavy atom. The number of alkyl halides is 3. The molecule has 10 heteroatoms. The van der Waals surface area contributed by atoms with E-state index >= 15 is 0 Å². The number of amides is 1. The average Bonchev–Trinajstić information content (AvgIpc) is 2.53. The second-order valence-electron chi connectivity index (χ2n) is 4.90. The third-order valence-corrected chi connectivity index (χ3v) is 3.77. The van der Waals surface area contributed by atoms with Gasteiger partial charge < -0.3 is 0 Å². The van der Waals surface area contributed by atoms with E-state index in [1.165, 1.54) is 30.3 Å². The number of carbonyl (C=O) groups excluding carboxylic acids is 1. The first-order valence-electron chi connectivity index (χ1n) is 6.66. The molecule has 0 aliphatic carbocycles. The molecule has 0 N–H and O–H groups in total. The van der Waals surface area contributed by atoms with Crippen molar-refractivity contribution >= 4 is 40.5 Å². The maximum absolute atomic E-state index is 12.9. The number of benzene rings is 2. The molecule has 0 unspecified atom stereocenters. The molecule has 0 saturated carbocycles. The highest BCUT2D eigenvalue weighted by atomic mass is 35.5. The van der Waals surface area contributed by atoms with Crippen LogP contribution >= 0.6 is 23.2 Å². The topological polar surface area (TPSA) is 63.5 Å². The highest BCUT2D eigenvalue weighted by Crippen LogP contribution is 2.30. The lowest BCUT2D eigenvalue weighted by Gasteiger charge is -2.24. The number of hydrogen-bond donors (Lipinski definition) is 0. The Hall–Kier alpha value is -2.32. The minimum absolute atomic E-state index is 0.0675. The van der Waals surface area contributed by atoms with Crippen molar-refractivity contribution < 1.29 is 22.9 Å². The molecule has 0 radical (unpaired) electrons. The van der Waals surface area contributed by atoms with Crippen molar-refractivity contribution in [3.05, 3.63) is 68.2 Å². The SMILES string of the molecule is O=C(N(Cc1ccc(Cl)cc1Cl)c1cccc([N+](=O)[O-])c1)C(F)(F)F. The summed E-state index contributed by atoms with van der Waals surface area (Å²) < 4.78 is 38.8. The number of hydrogen-bond acceptors (Lipinski definition) is 3. The molecule has 2 aromatic carbocycles. The van der Waals surface area contributed by atoms with Gasteiger partial charge in [-0.1, -0.05) is 35.3 Å². The third kappa shape index (κ3) is 4.61. The lowest BCUT2D eigenvalue weighted by molar-refractivity contribution is -0.384. The second-order valence-corrected chi connectivity index (χ2v) is 5.75. The number of non-ortho nitro benzene ring substituents is 1. The summed E-state index contributed by atoms with van der Waals surface area (Å²) in [7, 11) is 0. The molecule has 0 spiro atoms. The molecule has 0 fully saturated rings. The molecule has 0 aliphatic heterocycles. The Morgan fingerprint density at radius 1 is 1.16 bits per heavy atom. The first kappa shape index (κ1) is 19.0. The van der Waals surface area contributed by atoms with Gasteiger partial charge in [-0.25, -0.2) is 0 Å². The van der Waals surface area contributed by atoms with Crippen LogP contribution in [0.5, 0.6) is 0 Å². The first-order valence-corrected chi connectivity index (χ1v) is 7.42. The van der Waals surface area contributed by atoms with E-state index in [-0.39, 0.29) is 21.3 Å². The van der Waals surface area contributed by atoms with E-state index in [4.69, 9.17) is 23.2 Å². The fraction of sp³-hybridized carbons (Fsp3) is 0.133. The predicted molar refractivity (Wildman–Crippen MR) is 86.8 cm³/mol. The van der Waals surface area contributed by atoms with E-state index < -0.39 is 29.2 Å². The van der Waals surface area contributed by atoms with Crippen molar-refractivity contribution in [3.63, 3.8) is 0 Å². The number of anilines is 1. The lowest BCUT2D eigenvalue weighted by atomic mass is 10.1. The summed E-state index contributed by atoms with van der Waals surface area (Å²) in [5.41, 5.74) is -0.516. The molecule has 0 aromatic heterocycles. The molecule has 2 rings (SSSR count). The molecule has 0 saturated heterocycles. The zero-order chi connectivity index (χ0) is 18.8. The summed E-state index contributed by atoms with van der Waals surface area (Å²) in [4.78, 5) is 22.2. The fourth-order valence-corrected chi connectivity index (χ4v) is 2.50. The van der Waals surface area contributed by atoms with Crippen LogP contribution in [0.2, 0.25) is 10.0 Å². The standard InChI is InChI=1S/C15H9Cl2F3N2O3/c16-10-5-4-9(13(17)6-10)8-21(14(23)15(18,19)20)11-2-1-3-12(7-11)22(24)25/h1-7H,8H2. The van der Waals surface area contributed by atoms with Gasteiger partial charge in [0.1, 0.15) is 0 Å². The molecule has 0 heterocycles. The zero-order valence-corrected chi connectivity index (χ0v) is 13.8. The van der Waals surface area contributed by atoms with Crippen LogP contribution < -0.4 is 4.90 Å². The highest BCUT2D eigenvalue weighted by molar-refractivity contribution is 6.35. The molecule has 1 amide bonds. The van der Waals surface area contributed by atoms with Crippen molar-refractivity contribution in [2.24, 2.45) is 0 Å². The van der Waals surface area contributed by atoms with Crippen molar-refractivity contribution in [3.8, 4) is 0 Å². The van der Waals surface area contributed by atoms with Gasteiger partial charge in [-0.05, 0) is 23.8 Å². The molecule has 0 atom stereocenters. The Morgan fingerprint density at radius 3 is 2.40 bits per heavy atom. The maximum atomic E-state index is 12.9. The van der Waals surface area contributed by atoms with Crippen LogP contribution in [0.3, 0.4) is 0 Å². The number of rotatable bonds is 4. The first-order chi connectivity index (χ1) is 11.6. The fourth-order valence-electron chi connectivity index (χ4n) is 2.03. The molecule has 132 valence electrons. The van der Waals surface area contributed by atoms with Gasteiger partial charge in [0.25, 0.3) is 5.69 Å². The van der Waals surface area contributed by atoms with Gasteiger partial charge in [-0.15, -0.1) is 0 Å². The number of nitro benzene ring substituents is 1. The molecular weight excluding hydrogens is 384 g/mol. The van der Waals surface area contributed by atoms with Crippen LogP contribution in [-0.4, -0.2) is 17.0 Å². The van der Waals surface area contributed by atoms with Gasteiger partial charge in [-0.3, -0.25) is 19.8 Å². The van der Waals surface area contributed by atoms with Crippen molar-refractivity contribution in [2.45, 2.75) is 12.7 Å². The molecule has 0 bridgehead atoms. The van der Waals surface area contributed by atoms with E-state index in [2.05, 4.69) is 0 Å². The number of nitrogens with zero attached hydrogens (tertiary/aromatic N) is 2. The lowest BCUT2D eigenvalue weighted by Crippen LogP contribution is -2.40. The minimum Gasteiger partial charge on any atom is -0.300 e. The van der Waals surface area contributed by atoms with Gasteiger partial charge in [0, 0.05) is 22.2 Å².